The average molecular weight is 472 g/mol. The highest BCUT2D eigenvalue weighted by Gasteiger charge is 2.31. The van der Waals surface area contributed by atoms with E-state index in [1.54, 1.807) is 0 Å². The fourth-order valence-corrected chi connectivity index (χ4v) is 1.78. The van der Waals surface area contributed by atoms with Gasteiger partial charge in [0, 0.05) is 0 Å². The maximum absolute atomic E-state index is 12.1. The molecular formula is C20H24O13. The van der Waals surface area contributed by atoms with Gasteiger partial charge in [-0.25, -0.2) is 19.2 Å². The molecule has 33 heavy (non-hydrogen) atoms. The summed E-state index contributed by atoms with van der Waals surface area (Å²) in [6.07, 6.45) is 0.566. The van der Waals surface area contributed by atoms with E-state index in [0.29, 0.717) is 12.5 Å². The van der Waals surface area contributed by atoms with Gasteiger partial charge in [0.15, 0.2) is 11.1 Å². The van der Waals surface area contributed by atoms with Crippen molar-refractivity contribution >= 4 is 42.1 Å². The second-order valence-corrected chi connectivity index (χ2v) is 5.43. The molecule has 0 aromatic heterocycles. The van der Waals surface area contributed by atoms with Gasteiger partial charge in [0.1, 0.15) is 18.8 Å². The van der Waals surface area contributed by atoms with Crippen molar-refractivity contribution in [3.05, 3.63) is 23.7 Å². The lowest BCUT2D eigenvalue weighted by Crippen LogP contribution is -2.28. The number of carbonyl (C=O) groups excluding carboxylic acids is 7. The zero-order valence-corrected chi connectivity index (χ0v) is 18.4. The zero-order valence-electron chi connectivity index (χ0n) is 18.4. The summed E-state index contributed by atoms with van der Waals surface area (Å²) in [6, 6.07) is 0. The van der Waals surface area contributed by atoms with Crippen LogP contribution in [-0.4, -0.2) is 68.5 Å². The van der Waals surface area contributed by atoms with Crippen LogP contribution in [0.1, 0.15) is 27.7 Å². The van der Waals surface area contributed by atoms with E-state index in [1.807, 2.05) is 0 Å². The van der Waals surface area contributed by atoms with Crippen molar-refractivity contribution in [2.75, 3.05) is 26.4 Å². The molecule has 0 atom stereocenters. The molecule has 0 spiro atoms. The van der Waals surface area contributed by atoms with Gasteiger partial charge in [0.25, 0.3) is 0 Å². The third kappa shape index (κ3) is 9.76. The van der Waals surface area contributed by atoms with Crippen LogP contribution in [0.4, 0.5) is 0 Å². The summed E-state index contributed by atoms with van der Waals surface area (Å²) < 4.78 is 27.6. The van der Waals surface area contributed by atoms with E-state index >= 15 is 0 Å². The standard InChI is InChI=1S/C20H24O13/c1-5-28-17(24)13(18(25)29-6-2)10-32-15(22)12(9-21)16(23)33-11-14(19(26)30-7-3)20(27)31-8-4/h9-12H,5-8H2,1-4H3. The third-order valence-electron chi connectivity index (χ3n) is 3.21. The van der Waals surface area contributed by atoms with E-state index < -0.39 is 52.9 Å². The van der Waals surface area contributed by atoms with Crippen LogP contribution in [0, 0.1) is 5.92 Å². The summed E-state index contributed by atoms with van der Waals surface area (Å²) in [6.45, 7) is 5.40. The molecule has 0 heterocycles. The summed E-state index contributed by atoms with van der Waals surface area (Å²) in [5.74, 6) is -9.98. The Hall–Kier alpha value is -4.03. The molecule has 0 aliphatic heterocycles. The largest absolute Gasteiger partial charge is 0.462 e. The first-order valence-electron chi connectivity index (χ1n) is 9.63. The van der Waals surface area contributed by atoms with E-state index in [0.717, 1.165) is 0 Å². The number of esters is 6. The molecule has 0 radical (unpaired) electrons. The Balaban J connectivity index is 5.58. The van der Waals surface area contributed by atoms with Crippen molar-refractivity contribution in [3.8, 4) is 0 Å². The SMILES string of the molecule is CCOC(=O)C(=COC(=O)C(C=O)C(=O)OC=C(C(=O)OCC)C(=O)OCC)C(=O)OCC. The Labute approximate surface area is 188 Å². The van der Waals surface area contributed by atoms with Crippen molar-refractivity contribution in [2.24, 2.45) is 5.92 Å². The van der Waals surface area contributed by atoms with Crippen LogP contribution in [0.3, 0.4) is 0 Å². The molecule has 0 saturated heterocycles. The number of hydrogen-bond donors (Lipinski definition) is 0. The minimum atomic E-state index is -2.20. The second kappa shape index (κ2) is 15.7. The first kappa shape index (κ1) is 29.0. The summed E-state index contributed by atoms with van der Waals surface area (Å²) in [7, 11) is 0. The molecule has 0 aromatic rings. The highest BCUT2D eigenvalue weighted by molar-refractivity contribution is 6.15. The maximum atomic E-state index is 12.1. The van der Waals surface area contributed by atoms with Gasteiger partial charge in [-0.2, -0.15) is 0 Å². The van der Waals surface area contributed by atoms with E-state index in [1.165, 1.54) is 27.7 Å². The fraction of sp³-hybridized carbons (Fsp3) is 0.450. The molecule has 0 fully saturated rings. The van der Waals surface area contributed by atoms with Crippen LogP contribution in [0.15, 0.2) is 23.7 Å². The predicted octanol–water partition coefficient (Wildman–Crippen LogP) is -0.0919. The molecule has 13 nitrogen and oxygen atoms in total. The lowest BCUT2D eigenvalue weighted by Gasteiger charge is -2.09. The van der Waals surface area contributed by atoms with Gasteiger partial charge in [0.2, 0.25) is 5.92 Å². The number of ether oxygens (including phenoxy) is 6. The number of hydrogen-bond acceptors (Lipinski definition) is 13. The van der Waals surface area contributed by atoms with Gasteiger partial charge in [-0.3, -0.25) is 9.59 Å². The Morgan fingerprint density at radius 2 is 0.848 bits per heavy atom. The van der Waals surface area contributed by atoms with Gasteiger partial charge in [-0.15, -0.1) is 0 Å². The molecule has 182 valence electrons. The summed E-state index contributed by atoms with van der Waals surface area (Å²) in [5, 5.41) is 0. The molecular weight excluding hydrogens is 448 g/mol. The van der Waals surface area contributed by atoms with Crippen molar-refractivity contribution in [3.63, 3.8) is 0 Å². The van der Waals surface area contributed by atoms with Crippen molar-refractivity contribution < 1.29 is 62.0 Å². The Bertz CT molecular complexity index is 718. The molecule has 0 aliphatic rings. The summed E-state index contributed by atoms with van der Waals surface area (Å²) in [4.78, 5) is 82.7. The van der Waals surface area contributed by atoms with Crippen LogP contribution in [0.5, 0.6) is 0 Å². The molecule has 0 amide bonds. The normalized spacial score (nSPS) is 9.61. The first-order valence-corrected chi connectivity index (χ1v) is 9.63. The zero-order chi connectivity index (χ0) is 25.4. The summed E-state index contributed by atoms with van der Waals surface area (Å²) >= 11 is 0. The van der Waals surface area contributed by atoms with Gasteiger partial charge < -0.3 is 33.2 Å². The van der Waals surface area contributed by atoms with Crippen molar-refractivity contribution in [1.29, 1.82) is 0 Å². The van der Waals surface area contributed by atoms with E-state index in [4.69, 9.17) is 0 Å². The monoisotopic (exact) mass is 472 g/mol. The molecule has 0 N–H and O–H groups in total. The van der Waals surface area contributed by atoms with Crippen LogP contribution in [0.2, 0.25) is 0 Å². The van der Waals surface area contributed by atoms with Crippen LogP contribution in [-0.2, 0) is 62.0 Å². The van der Waals surface area contributed by atoms with Gasteiger partial charge >= 0.3 is 35.8 Å². The first-order chi connectivity index (χ1) is 15.7. The number of rotatable bonds is 13. The Morgan fingerprint density at radius 3 is 1.06 bits per heavy atom. The highest BCUT2D eigenvalue weighted by atomic mass is 16.6. The summed E-state index contributed by atoms with van der Waals surface area (Å²) in [5.41, 5.74) is -1.62. The van der Waals surface area contributed by atoms with Crippen molar-refractivity contribution in [2.45, 2.75) is 27.7 Å². The maximum Gasteiger partial charge on any atom is 0.348 e. The smallest absolute Gasteiger partial charge is 0.348 e. The quantitative estimate of drug-likeness (QED) is 0.0662. The van der Waals surface area contributed by atoms with Crippen LogP contribution < -0.4 is 0 Å². The Morgan fingerprint density at radius 1 is 0.576 bits per heavy atom. The third-order valence-corrected chi connectivity index (χ3v) is 3.21. The molecule has 0 unspecified atom stereocenters. The highest BCUT2D eigenvalue weighted by Crippen LogP contribution is 2.09. The fourth-order valence-electron chi connectivity index (χ4n) is 1.78. The van der Waals surface area contributed by atoms with Gasteiger partial charge in [-0.05, 0) is 27.7 Å². The molecule has 0 aliphatic carbocycles. The van der Waals surface area contributed by atoms with E-state index in [2.05, 4.69) is 28.4 Å². The number of aldehydes is 1. The van der Waals surface area contributed by atoms with Crippen LogP contribution >= 0.6 is 0 Å². The molecule has 13 heteroatoms. The van der Waals surface area contributed by atoms with Gasteiger partial charge in [0.05, 0.1) is 26.4 Å². The van der Waals surface area contributed by atoms with E-state index in [-0.39, 0.29) is 32.7 Å². The number of carbonyl (C=O) groups is 7. The second-order valence-electron chi connectivity index (χ2n) is 5.43. The minimum absolute atomic E-state index is 0.109. The predicted molar refractivity (Wildman–Crippen MR) is 104 cm³/mol. The van der Waals surface area contributed by atoms with Crippen molar-refractivity contribution in [1.82, 2.24) is 0 Å². The van der Waals surface area contributed by atoms with Gasteiger partial charge in [-0.1, -0.05) is 0 Å². The lowest BCUT2D eigenvalue weighted by molar-refractivity contribution is -0.156. The topological polar surface area (TPSA) is 175 Å². The molecule has 0 rings (SSSR count). The van der Waals surface area contributed by atoms with Crippen LogP contribution in [0.25, 0.3) is 0 Å². The molecule has 0 bridgehead atoms. The van der Waals surface area contributed by atoms with E-state index in [9.17, 15) is 33.6 Å². The molecule has 0 saturated carbocycles. The minimum Gasteiger partial charge on any atom is -0.462 e. The molecule has 0 aromatic carbocycles. The lowest BCUT2D eigenvalue weighted by atomic mass is 10.2. The average Bonchev–Trinajstić information content (AvgIpc) is 2.75. The Kier molecular flexibility index (Phi) is 13.8.